The summed E-state index contributed by atoms with van der Waals surface area (Å²) in [4.78, 5) is 53.4. The van der Waals surface area contributed by atoms with Crippen molar-refractivity contribution < 1.29 is 19.2 Å². The Balaban J connectivity index is 2.01. The number of hydrogen-bond donors (Lipinski definition) is 0. The highest BCUT2D eigenvalue weighted by Crippen LogP contribution is 2.24. The van der Waals surface area contributed by atoms with E-state index in [0.717, 1.165) is 9.80 Å². The third kappa shape index (κ3) is 1.89. The van der Waals surface area contributed by atoms with Gasteiger partial charge in [-0.15, -0.1) is 0 Å². The average molecular weight is 320 g/mol. The Morgan fingerprint density at radius 3 is 1.00 bits per heavy atom. The van der Waals surface area contributed by atoms with Crippen LogP contribution >= 0.6 is 0 Å². The van der Waals surface area contributed by atoms with Crippen LogP contribution in [0.4, 0.5) is 0 Å². The number of carbonyl (C=O) groups is 4. The van der Waals surface area contributed by atoms with Crippen molar-refractivity contribution in [2.45, 2.75) is 0 Å². The van der Waals surface area contributed by atoms with Gasteiger partial charge in [0.15, 0.2) is 0 Å². The molecule has 2 aliphatic rings. The first-order valence-electron chi connectivity index (χ1n) is 7.50. The molecule has 2 aromatic rings. The van der Waals surface area contributed by atoms with Crippen molar-refractivity contribution in [3.63, 3.8) is 0 Å². The predicted molar refractivity (Wildman–Crippen MR) is 83.6 cm³/mol. The summed E-state index contributed by atoms with van der Waals surface area (Å²) in [5, 5.41) is 0. The van der Waals surface area contributed by atoms with Crippen molar-refractivity contribution in [3.8, 4) is 0 Å². The molecule has 4 amide bonds. The number of amides is 4. The molecule has 0 spiro atoms. The summed E-state index contributed by atoms with van der Waals surface area (Å²) in [5.74, 6) is -2.08. The van der Waals surface area contributed by atoms with Gasteiger partial charge in [-0.3, -0.25) is 29.0 Å². The van der Waals surface area contributed by atoms with Gasteiger partial charge in [0.05, 0.1) is 22.3 Å². The van der Waals surface area contributed by atoms with Gasteiger partial charge in [-0.2, -0.15) is 0 Å². The van der Waals surface area contributed by atoms with Crippen molar-refractivity contribution in [1.29, 1.82) is 0 Å². The Morgan fingerprint density at radius 2 is 0.750 bits per heavy atom. The summed E-state index contributed by atoms with van der Waals surface area (Å²) in [5.41, 5.74) is 0.529. The summed E-state index contributed by atoms with van der Waals surface area (Å²) in [6, 6.07) is 12.5. The molecular weight excluding hydrogens is 308 g/mol. The molecular formula is C18H12N2O4. The molecule has 118 valence electrons. The summed E-state index contributed by atoms with van der Waals surface area (Å²) < 4.78 is 0. The van der Waals surface area contributed by atoms with Crippen molar-refractivity contribution in [1.82, 2.24) is 9.80 Å². The van der Waals surface area contributed by atoms with Crippen LogP contribution in [0.5, 0.6) is 0 Å². The highest BCUT2D eigenvalue weighted by Gasteiger charge is 2.38. The fourth-order valence-electron chi connectivity index (χ4n) is 3.08. The van der Waals surface area contributed by atoms with Crippen molar-refractivity contribution in [2.75, 3.05) is 13.1 Å². The molecule has 0 unspecified atom stereocenters. The van der Waals surface area contributed by atoms with Crippen LogP contribution in [-0.4, -0.2) is 46.5 Å². The molecule has 0 atom stereocenters. The van der Waals surface area contributed by atoms with Gasteiger partial charge >= 0.3 is 0 Å². The van der Waals surface area contributed by atoms with E-state index in [4.69, 9.17) is 0 Å². The van der Waals surface area contributed by atoms with Gasteiger partial charge in [0.25, 0.3) is 23.6 Å². The number of imide groups is 2. The quantitative estimate of drug-likeness (QED) is 0.691. The van der Waals surface area contributed by atoms with Crippen molar-refractivity contribution in [3.05, 3.63) is 70.8 Å². The number of fused-ring (bicyclic) bond motifs is 5. The van der Waals surface area contributed by atoms with Crippen LogP contribution in [0.1, 0.15) is 41.4 Å². The molecule has 0 radical (unpaired) electrons. The van der Waals surface area contributed by atoms with Gasteiger partial charge < -0.3 is 0 Å². The van der Waals surface area contributed by atoms with E-state index >= 15 is 0 Å². The van der Waals surface area contributed by atoms with Gasteiger partial charge in [-0.05, 0) is 24.3 Å². The van der Waals surface area contributed by atoms with E-state index < -0.39 is 23.6 Å². The van der Waals surface area contributed by atoms with E-state index in [2.05, 4.69) is 0 Å². The predicted octanol–water partition coefficient (Wildman–Crippen LogP) is 1.58. The van der Waals surface area contributed by atoms with Gasteiger partial charge in [0.1, 0.15) is 0 Å². The molecule has 2 bridgehead atoms. The van der Waals surface area contributed by atoms with E-state index in [1.54, 1.807) is 24.3 Å². The normalized spacial score (nSPS) is 17.0. The molecule has 0 saturated heterocycles. The Bertz CT molecular complexity index is 773. The molecule has 6 nitrogen and oxygen atoms in total. The Hall–Kier alpha value is -3.28. The Labute approximate surface area is 137 Å². The van der Waals surface area contributed by atoms with E-state index in [0.29, 0.717) is 0 Å². The molecule has 6 heteroatoms. The summed E-state index contributed by atoms with van der Waals surface area (Å²) in [7, 11) is 0. The van der Waals surface area contributed by atoms with Gasteiger partial charge in [-0.25, -0.2) is 0 Å². The first-order chi connectivity index (χ1) is 11.6. The van der Waals surface area contributed by atoms with E-state index in [9.17, 15) is 19.2 Å². The molecule has 2 aliphatic heterocycles. The average Bonchev–Trinajstić information content (AvgIpc) is 2.61. The number of hydrogen-bond acceptors (Lipinski definition) is 4. The lowest BCUT2D eigenvalue weighted by Crippen LogP contribution is -2.51. The molecule has 2 heterocycles. The first-order valence-corrected chi connectivity index (χ1v) is 7.50. The zero-order valence-electron chi connectivity index (χ0n) is 12.6. The number of rotatable bonds is 0. The van der Waals surface area contributed by atoms with Crippen LogP contribution in [0.25, 0.3) is 0 Å². The molecule has 0 N–H and O–H groups in total. The molecule has 0 saturated carbocycles. The highest BCUT2D eigenvalue weighted by molar-refractivity contribution is 6.22. The summed E-state index contributed by atoms with van der Waals surface area (Å²) in [6.45, 7) is -0.0321. The molecule has 24 heavy (non-hydrogen) atoms. The zero-order chi connectivity index (χ0) is 16.8. The van der Waals surface area contributed by atoms with Crippen LogP contribution in [-0.2, 0) is 0 Å². The Morgan fingerprint density at radius 1 is 0.500 bits per heavy atom. The van der Waals surface area contributed by atoms with Gasteiger partial charge in [0, 0.05) is 13.1 Å². The lowest BCUT2D eigenvalue weighted by atomic mass is 9.98. The second kappa shape index (κ2) is 5.13. The third-order valence-corrected chi connectivity index (χ3v) is 4.30. The zero-order valence-corrected chi connectivity index (χ0v) is 12.6. The maximum atomic E-state index is 12.8. The van der Waals surface area contributed by atoms with E-state index in [-0.39, 0.29) is 35.3 Å². The van der Waals surface area contributed by atoms with Gasteiger partial charge in [-0.1, -0.05) is 24.3 Å². The fourth-order valence-corrected chi connectivity index (χ4v) is 3.08. The minimum absolute atomic E-state index is 0.0161. The number of carbonyl (C=O) groups excluding carboxylic acids is 4. The number of nitrogens with zero attached hydrogens (tertiary/aromatic N) is 2. The second-order valence-corrected chi connectivity index (χ2v) is 5.62. The first kappa shape index (κ1) is 14.3. The van der Waals surface area contributed by atoms with Crippen LogP contribution in [0.15, 0.2) is 48.5 Å². The molecule has 0 fully saturated rings. The number of benzene rings is 2. The van der Waals surface area contributed by atoms with Crippen molar-refractivity contribution >= 4 is 23.6 Å². The summed E-state index contributed by atoms with van der Waals surface area (Å²) in [6.07, 6.45) is 0. The van der Waals surface area contributed by atoms with Crippen molar-refractivity contribution in [2.24, 2.45) is 0 Å². The Kier molecular flexibility index (Phi) is 3.06. The lowest BCUT2D eigenvalue weighted by molar-refractivity contribution is 0.0480. The second-order valence-electron chi connectivity index (χ2n) is 5.62. The van der Waals surface area contributed by atoms with E-state index in [1.807, 2.05) is 0 Å². The molecule has 0 aliphatic carbocycles. The standard InChI is InChI=1S/C18H12N2O4/c21-15-11-5-1-2-6-12(11)16(22)20-10-9-19(15)17(23)13-7-3-4-8-14(13)18(20)24/h1-8H,9-10H2. The monoisotopic (exact) mass is 320 g/mol. The minimum Gasteiger partial charge on any atom is -0.273 e. The lowest BCUT2D eigenvalue weighted by Gasteiger charge is -2.32. The van der Waals surface area contributed by atoms with Crippen LogP contribution < -0.4 is 0 Å². The minimum atomic E-state index is -0.521. The molecule has 0 aromatic heterocycles. The topological polar surface area (TPSA) is 74.8 Å². The van der Waals surface area contributed by atoms with Gasteiger partial charge in [0.2, 0.25) is 0 Å². The van der Waals surface area contributed by atoms with Crippen LogP contribution in [0.2, 0.25) is 0 Å². The largest absolute Gasteiger partial charge is 0.273 e. The third-order valence-electron chi connectivity index (χ3n) is 4.30. The fraction of sp³-hybridized carbons (Fsp3) is 0.111. The maximum Gasteiger partial charge on any atom is 0.261 e. The maximum absolute atomic E-state index is 12.8. The van der Waals surface area contributed by atoms with Crippen LogP contribution in [0.3, 0.4) is 0 Å². The van der Waals surface area contributed by atoms with E-state index in [1.165, 1.54) is 24.3 Å². The smallest absolute Gasteiger partial charge is 0.261 e. The highest BCUT2D eigenvalue weighted by atomic mass is 16.2. The molecule has 4 rings (SSSR count). The molecule has 2 aromatic carbocycles. The SMILES string of the molecule is O=C1c2ccccc2C(=O)N2CCN1C(=O)c1ccccc1C2=O. The summed E-state index contributed by atoms with van der Waals surface area (Å²) >= 11 is 0. The van der Waals surface area contributed by atoms with Crippen LogP contribution in [0, 0.1) is 0 Å².